The summed E-state index contributed by atoms with van der Waals surface area (Å²) in [4.78, 5) is 24.5. The van der Waals surface area contributed by atoms with Gasteiger partial charge in [-0.25, -0.2) is 4.52 Å². The van der Waals surface area contributed by atoms with Gasteiger partial charge in [0.15, 0.2) is 0 Å². The molecule has 9 nitrogen and oxygen atoms in total. The number of dihydropyridines is 1. The molecule has 0 aromatic carbocycles. The number of rotatable bonds is 6. The van der Waals surface area contributed by atoms with Crippen LogP contribution in [-0.4, -0.2) is 109 Å². The molecule has 2 aromatic rings. The Hall–Kier alpha value is -2.75. The van der Waals surface area contributed by atoms with E-state index in [4.69, 9.17) is 14.5 Å². The quantitative estimate of drug-likeness (QED) is 0.584. The summed E-state index contributed by atoms with van der Waals surface area (Å²) in [7, 11) is 1.87. The number of allylic oxidation sites excluding steroid dienone is 1. The van der Waals surface area contributed by atoms with Crippen molar-refractivity contribution in [1.82, 2.24) is 19.4 Å². The molecule has 2 aromatic heterocycles. The van der Waals surface area contributed by atoms with Crippen LogP contribution in [0.4, 0.5) is 5.69 Å². The third kappa shape index (κ3) is 4.34. The molecule has 1 saturated carbocycles. The zero-order valence-corrected chi connectivity index (χ0v) is 22.3. The second-order valence-electron chi connectivity index (χ2n) is 11.5. The lowest BCUT2D eigenvalue weighted by molar-refractivity contribution is -0.132. The zero-order chi connectivity index (χ0) is 25.7. The largest absolute Gasteiger partial charge is 0.378 e. The first kappa shape index (κ1) is 24.3. The van der Waals surface area contributed by atoms with Crippen LogP contribution in [0.5, 0.6) is 0 Å². The van der Waals surface area contributed by atoms with Crippen LogP contribution in [0.15, 0.2) is 41.7 Å². The predicted octanol–water partition coefficient (Wildman–Crippen LogP) is 2.25. The molecule has 202 valence electrons. The average Bonchev–Trinajstić information content (AvgIpc) is 3.70. The van der Waals surface area contributed by atoms with Gasteiger partial charge < -0.3 is 19.3 Å². The molecular formula is C29H38N6O3. The number of methoxy groups -OCH3 is 1. The van der Waals surface area contributed by atoms with Crippen LogP contribution in [-0.2, 0) is 14.3 Å². The highest BCUT2D eigenvalue weighted by Gasteiger charge is 2.43. The van der Waals surface area contributed by atoms with Crippen molar-refractivity contribution in [3.05, 3.63) is 42.2 Å². The van der Waals surface area contributed by atoms with Crippen LogP contribution in [0, 0.1) is 11.8 Å². The summed E-state index contributed by atoms with van der Waals surface area (Å²) in [6, 6.07) is 4.89. The molecule has 5 aliphatic rings. The Morgan fingerprint density at radius 2 is 1.89 bits per heavy atom. The normalized spacial score (nSPS) is 26.4. The van der Waals surface area contributed by atoms with Gasteiger partial charge in [-0.05, 0) is 43.9 Å². The fraction of sp³-hybridized carbons (Fsp3) is 0.621. The summed E-state index contributed by atoms with van der Waals surface area (Å²) < 4.78 is 13.5. The molecule has 1 aliphatic carbocycles. The van der Waals surface area contributed by atoms with Gasteiger partial charge in [0.2, 0.25) is 5.91 Å². The number of ether oxygens (including phenoxy) is 2. The number of carbonyl (C=O) groups is 1. The number of piperazine rings is 1. The van der Waals surface area contributed by atoms with E-state index in [9.17, 15) is 4.79 Å². The first-order valence-electron chi connectivity index (χ1n) is 14.2. The zero-order valence-electron chi connectivity index (χ0n) is 22.3. The molecule has 9 heteroatoms. The van der Waals surface area contributed by atoms with Crippen LogP contribution in [0.1, 0.15) is 31.2 Å². The number of aromatic nitrogens is 2. The molecule has 3 saturated heterocycles. The molecular weight excluding hydrogens is 480 g/mol. The highest BCUT2D eigenvalue weighted by molar-refractivity contribution is 6.10. The highest BCUT2D eigenvalue weighted by atomic mass is 16.5. The van der Waals surface area contributed by atoms with E-state index < -0.39 is 0 Å². The van der Waals surface area contributed by atoms with Crippen molar-refractivity contribution in [2.75, 3.05) is 71.0 Å². The average molecular weight is 519 g/mol. The van der Waals surface area contributed by atoms with E-state index >= 15 is 0 Å². The Labute approximate surface area is 224 Å². The number of piperidine rings is 1. The summed E-state index contributed by atoms with van der Waals surface area (Å²) >= 11 is 0. The molecule has 1 atom stereocenters. The highest BCUT2D eigenvalue weighted by Crippen LogP contribution is 2.37. The molecule has 0 N–H and O–H groups in total. The molecule has 1 amide bonds. The number of hydrogen-bond acceptors (Lipinski definition) is 7. The number of fused-ring (bicyclic) bond motifs is 1. The van der Waals surface area contributed by atoms with E-state index in [1.165, 1.54) is 5.69 Å². The third-order valence-electron chi connectivity index (χ3n) is 9.45. The Balaban J connectivity index is 1.03. The van der Waals surface area contributed by atoms with Gasteiger partial charge in [-0.1, -0.05) is 6.08 Å². The summed E-state index contributed by atoms with van der Waals surface area (Å²) in [6.07, 6.45) is 12.6. The van der Waals surface area contributed by atoms with Gasteiger partial charge >= 0.3 is 0 Å². The maximum Gasteiger partial charge on any atom is 0.225 e. The van der Waals surface area contributed by atoms with E-state index in [0.29, 0.717) is 17.9 Å². The second kappa shape index (κ2) is 9.77. The Morgan fingerprint density at radius 1 is 1.11 bits per heavy atom. The molecule has 0 spiro atoms. The summed E-state index contributed by atoms with van der Waals surface area (Å²) in [5, 5.41) is 4.59. The standard InChI is InChI=1S/C29H38N6O3/c1-37-29(7-10-32(11-8-29)24-19-38-20-24)23-4-5-25(30-17-23)22-16-27-26(6-9-31-35(27)18-22)33-12-14-34(15-13-33)28(36)21-2-3-21/h4-6,9,16,18,21,23-24H,2-3,7-8,10-15,17,19-20H2,1H3. The minimum absolute atomic E-state index is 0.143. The Morgan fingerprint density at radius 3 is 2.53 bits per heavy atom. The minimum Gasteiger partial charge on any atom is -0.378 e. The molecule has 38 heavy (non-hydrogen) atoms. The summed E-state index contributed by atoms with van der Waals surface area (Å²) in [5.41, 5.74) is 4.21. The molecule has 0 radical (unpaired) electrons. The van der Waals surface area contributed by atoms with Crippen LogP contribution in [0.2, 0.25) is 0 Å². The van der Waals surface area contributed by atoms with Crippen molar-refractivity contribution in [2.24, 2.45) is 16.8 Å². The van der Waals surface area contributed by atoms with Crippen molar-refractivity contribution in [2.45, 2.75) is 37.3 Å². The number of hydrogen-bond donors (Lipinski definition) is 0. The van der Waals surface area contributed by atoms with Crippen molar-refractivity contribution in [3.8, 4) is 0 Å². The van der Waals surface area contributed by atoms with Crippen LogP contribution >= 0.6 is 0 Å². The lowest BCUT2D eigenvalue weighted by Crippen LogP contribution is -2.57. The van der Waals surface area contributed by atoms with Crippen molar-refractivity contribution in [3.63, 3.8) is 0 Å². The monoisotopic (exact) mass is 518 g/mol. The smallest absolute Gasteiger partial charge is 0.225 e. The first-order valence-corrected chi connectivity index (χ1v) is 14.2. The van der Waals surface area contributed by atoms with Gasteiger partial charge in [0, 0.05) is 82.7 Å². The third-order valence-corrected chi connectivity index (χ3v) is 9.45. The summed E-state index contributed by atoms with van der Waals surface area (Å²) in [6.45, 7) is 7.90. The number of nitrogens with zero attached hydrogens (tertiary/aromatic N) is 6. The maximum absolute atomic E-state index is 12.5. The number of likely N-dealkylation sites (tertiary alicyclic amines) is 1. The second-order valence-corrected chi connectivity index (χ2v) is 11.5. The first-order chi connectivity index (χ1) is 18.6. The van der Waals surface area contributed by atoms with Gasteiger partial charge in [0.25, 0.3) is 0 Å². The van der Waals surface area contributed by atoms with E-state index in [2.05, 4.69) is 45.4 Å². The van der Waals surface area contributed by atoms with Gasteiger partial charge in [-0.2, -0.15) is 5.10 Å². The molecule has 4 aliphatic heterocycles. The number of carbonyl (C=O) groups excluding carboxylic acids is 1. The SMILES string of the molecule is COC1(C2C=CC(c3cc4c(N5CCN(C(=O)C6CC6)CC5)ccnn4c3)=NC2)CCN(C2COC2)CC1. The predicted molar refractivity (Wildman–Crippen MR) is 146 cm³/mol. The van der Waals surface area contributed by atoms with Gasteiger partial charge in [-0.15, -0.1) is 0 Å². The number of amides is 1. The Kier molecular flexibility index (Phi) is 6.25. The molecule has 0 bridgehead atoms. The maximum atomic E-state index is 12.5. The van der Waals surface area contributed by atoms with Gasteiger partial charge in [0.1, 0.15) is 0 Å². The van der Waals surface area contributed by atoms with Gasteiger partial charge in [0.05, 0.1) is 41.8 Å². The van der Waals surface area contributed by atoms with Crippen molar-refractivity contribution < 1.29 is 14.3 Å². The van der Waals surface area contributed by atoms with Crippen molar-refractivity contribution >= 4 is 22.8 Å². The molecule has 1 unspecified atom stereocenters. The topological polar surface area (TPSA) is 74.9 Å². The minimum atomic E-state index is -0.143. The lowest BCUT2D eigenvalue weighted by atomic mass is 9.77. The molecule has 7 rings (SSSR count). The fourth-order valence-corrected chi connectivity index (χ4v) is 6.64. The molecule has 4 fully saturated rings. The van der Waals surface area contributed by atoms with E-state index in [1.54, 1.807) is 0 Å². The van der Waals surface area contributed by atoms with Crippen LogP contribution in [0.3, 0.4) is 0 Å². The summed E-state index contributed by atoms with van der Waals surface area (Å²) in [5.74, 6) is 0.931. The Bertz CT molecular complexity index is 1250. The van der Waals surface area contributed by atoms with Gasteiger partial charge in [-0.3, -0.25) is 14.7 Å². The lowest BCUT2D eigenvalue weighted by Gasteiger charge is -2.48. The van der Waals surface area contributed by atoms with Crippen LogP contribution in [0.25, 0.3) is 5.52 Å². The number of anilines is 1. The van der Waals surface area contributed by atoms with Crippen molar-refractivity contribution in [1.29, 1.82) is 0 Å². The fourth-order valence-electron chi connectivity index (χ4n) is 6.64. The van der Waals surface area contributed by atoms with E-state index in [0.717, 1.165) is 102 Å². The number of aliphatic imine (C=N–C) groups is 1. The van der Waals surface area contributed by atoms with E-state index in [1.807, 2.05) is 22.7 Å². The van der Waals surface area contributed by atoms with E-state index in [-0.39, 0.29) is 11.5 Å². The molecule has 6 heterocycles. The van der Waals surface area contributed by atoms with Crippen LogP contribution < -0.4 is 4.90 Å².